The number of tetrazole rings is 1. The minimum absolute atomic E-state index is 0.0663. The Labute approximate surface area is 194 Å². The number of aromatic nitrogens is 4. The van der Waals surface area contributed by atoms with E-state index in [0.717, 1.165) is 11.3 Å². The van der Waals surface area contributed by atoms with Crippen molar-refractivity contribution in [1.82, 2.24) is 20.2 Å². The lowest BCUT2D eigenvalue weighted by Crippen LogP contribution is -2.13. The summed E-state index contributed by atoms with van der Waals surface area (Å²) in [5.41, 5.74) is 2.70. The molecule has 32 heavy (non-hydrogen) atoms. The van der Waals surface area contributed by atoms with E-state index in [1.165, 1.54) is 11.0 Å². The standard InChI is InChI=1S/C24H18Cl2N4O2/c25-20-8-4-16(5-9-20)23(31)13-19(14-24(32)17-6-10-21(26)11-7-17)18-2-1-3-22(12-18)30-15-27-28-29-30/h1-12,15,19H,13-14H2. The van der Waals surface area contributed by atoms with Crippen molar-refractivity contribution in [3.63, 3.8) is 0 Å². The Bertz CT molecular complexity index is 1160. The average molecular weight is 465 g/mol. The number of nitrogens with zero attached hydrogens (tertiary/aromatic N) is 4. The number of carbonyl (C=O) groups excluding carboxylic acids is 2. The van der Waals surface area contributed by atoms with Crippen LogP contribution in [0.5, 0.6) is 0 Å². The van der Waals surface area contributed by atoms with Gasteiger partial charge in [-0.25, -0.2) is 4.68 Å². The third-order valence-electron chi connectivity index (χ3n) is 5.15. The van der Waals surface area contributed by atoms with E-state index in [1.54, 1.807) is 48.5 Å². The van der Waals surface area contributed by atoms with Crippen LogP contribution in [0.2, 0.25) is 10.0 Å². The Morgan fingerprint density at radius 2 is 1.38 bits per heavy atom. The molecule has 0 fully saturated rings. The summed E-state index contributed by atoms with van der Waals surface area (Å²) in [5.74, 6) is -0.468. The zero-order valence-corrected chi connectivity index (χ0v) is 18.4. The smallest absolute Gasteiger partial charge is 0.163 e. The van der Waals surface area contributed by atoms with E-state index >= 15 is 0 Å². The SMILES string of the molecule is O=C(CC(CC(=O)c1ccc(Cl)cc1)c1cccc(-n2cnnn2)c1)c1ccc(Cl)cc1. The predicted molar refractivity (Wildman–Crippen MR) is 123 cm³/mol. The molecule has 4 rings (SSSR count). The van der Waals surface area contributed by atoms with Crippen LogP contribution in [0.3, 0.4) is 0 Å². The van der Waals surface area contributed by atoms with Crippen molar-refractivity contribution in [2.24, 2.45) is 0 Å². The minimum Gasteiger partial charge on any atom is -0.294 e. The Morgan fingerprint density at radius 1 is 0.812 bits per heavy atom. The van der Waals surface area contributed by atoms with Crippen LogP contribution in [0.25, 0.3) is 5.69 Å². The van der Waals surface area contributed by atoms with Gasteiger partial charge in [-0.1, -0.05) is 35.3 Å². The molecule has 0 unspecified atom stereocenters. The van der Waals surface area contributed by atoms with Crippen LogP contribution in [0.4, 0.5) is 0 Å². The van der Waals surface area contributed by atoms with E-state index in [9.17, 15) is 9.59 Å². The zero-order valence-electron chi connectivity index (χ0n) is 16.9. The van der Waals surface area contributed by atoms with Gasteiger partial charge in [0.05, 0.1) is 5.69 Å². The summed E-state index contributed by atoms with van der Waals surface area (Å²) in [4.78, 5) is 26.0. The van der Waals surface area contributed by atoms with E-state index in [-0.39, 0.29) is 30.3 Å². The first-order valence-electron chi connectivity index (χ1n) is 9.90. The minimum atomic E-state index is -0.335. The number of benzene rings is 3. The van der Waals surface area contributed by atoms with Gasteiger partial charge in [0.2, 0.25) is 0 Å². The second-order valence-corrected chi connectivity index (χ2v) is 8.19. The van der Waals surface area contributed by atoms with Gasteiger partial charge in [-0.05, 0) is 82.6 Å². The summed E-state index contributed by atoms with van der Waals surface area (Å²) in [5, 5.41) is 12.4. The van der Waals surface area contributed by atoms with Crippen molar-refractivity contribution in [1.29, 1.82) is 0 Å². The first-order chi connectivity index (χ1) is 15.5. The molecule has 6 nitrogen and oxygen atoms in total. The second-order valence-electron chi connectivity index (χ2n) is 7.31. The molecule has 0 atom stereocenters. The Hall–Kier alpha value is -3.35. The fourth-order valence-corrected chi connectivity index (χ4v) is 3.72. The van der Waals surface area contributed by atoms with Crippen LogP contribution < -0.4 is 0 Å². The molecule has 0 amide bonds. The van der Waals surface area contributed by atoms with Gasteiger partial charge in [0.1, 0.15) is 6.33 Å². The van der Waals surface area contributed by atoms with Crippen LogP contribution in [0.1, 0.15) is 45.0 Å². The molecule has 0 bridgehead atoms. The summed E-state index contributed by atoms with van der Waals surface area (Å²) in [6, 6.07) is 21.0. The van der Waals surface area contributed by atoms with Crippen molar-refractivity contribution in [3.05, 3.63) is 106 Å². The number of Topliss-reactive ketones (excluding diaryl/α,β-unsaturated/α-hetero) is 2. The van der Waals surface area contributed by atoms with E-state index < -0.39 is 0 Å². The molecular weight excluding hydrogens is 447 g/mol. The predicted octanol–water partition coefficient (Wildman–Crippen LogP) is 5.60. The van der Waals surface area contributed by atoms with E-state index in [0.29, 0.717) is 21.2 Å². The van der Waals surface area contributed by atoms with Gasteiger partial charge < -0.3 is 0 Å². The van der Waals surface area contributed by atoms with E-state index in [4.69, 9.17) is 23.2 Å². The molecule has 3 aromatic carbocycles. The highest BCUT2D eigenvalue weighted by molar-refractivity contribution is 6.31. The molecular formula is C24H18Cl2N4O2. The van der Waals surface area contributed by atoms with Crippen molar-refractivity contribution < 1.29 is 9.59 Å². The number of rotatable bonds is 8. The maximum absolute atomic E-state index is 13.0. The maximum Gasteiger partial charge on any atom is 0.163 e. The monoisotopic (exact) mass is 464 g/mol. The van der Waals surface area contributed by atoms with Crippen LogP contribution in [-0.2, 0) is 0 Å². The molecule has 160 valence electrons. The molecule has 0 N–H and O–H groups in total. The zero-order chi connectivity index (χ0) is 22.5. The van der Waals surface area contributed by atoms with Gasteiger partial charge in [-0.2, -0.15) is 0 Å². The van der Waals surface area contributed by atoms with Crippen LogP contribution in [0, 0.1) is 0 Å². The molecule has 0 spiro atoms. The Morgan fingerprint density at radius 3 is 1.88 bits per heavy atom. The highest BCUT2D eigenvalue weighted by Crippen LogP contribution is 2.29. The second kappa shape index (κ2) is 9.85. The molecule has 4 aromatic rings. The van der Waals surface area contributed by atoms with Crippen molar-refractivity contribution in [2.45, 2.75) is 18.8 Å². The fourth-order valence-electron chi connectivity index (χ4n) is 3.46. The summed E-state index contributed by atoms with van der Waals surface area (Å²) >= 11 is 11.9. The Kier molecular flexibility index (Phi) is 6.73. The van der Waals surface area contributed by atoms with Gasteiger partial charge in [0.25, 0.3) is 0 Å². The van der Waals surface area contributed by atoms with Gasteiger partial charge in [-0.15, -0.1) is 5.10 Å². The molecule has 1 heterocycles. The van der Waals surface area contributed by atoms with Gasteiger partial charge >= 0.3 is 0 Å². The van der Waals surface area contributed by atoms with Crippen molar-refractivity contribution >= 4 is 34.8 Å². The summed E-state index contributed by atoms with van der Waals surface area (Å²) in [7, 11) is 0. The summed E-state index contributed by atoms with van der Waals surface area (Å²) in [6.45, 7) is 0. The van der Waals surface area contributed by atoms with Crippen LogP contribution in [-0.4, -0.2) is 31.8 Å². The molecule has 0 radical (unpaired) electrons. The van der Waals surface area contributed by atoms with Crippen LogP contribution >= 0.6 is 23.2 Å². The highest BCUT2D eigenvalue weighted by atomic mass is 35.5. The van der Waals surface area contributed by atoms with Crippen molar-refractivity contribution in [2.75, 3.05) is 0 Å². The largest absolute Gasteiger partial charge is 0.294 e. The van der Waals surface area contributed by atoms with Crippen molar-refractivity contribution in [3.8, 4) is 5.69 Å². The summed E-state index contributed by atoms with van der Waals surface area (Å²) in [6.07, 6.45) is 1.83. The lowest BCUT2D eigenvalue weighted by molar-refractivity contribution is 0.0944. The normalized spacial score (nSPS) is 11.0. The lowest BCUT2D eigenvalue weighted by Gasteiger charge is -2.17. The summed E-state index contributed by atoms with van der Waals surface area (Å²) < 4.78 is 1.53. The molecule has 0 saturated carbocycles. The highest BCUT2D eigenvalue weighted by Gasteiger charge is 2.22. The number of hydrogen-bond donors (Lipinski definition) is 0. The topological polar surface area (TPSA) is 77.7 Å². The van der Waals surface area contributed by atoms with E-state index in [1.807, 2.05) is 24.3 Å². The quantitative estimate of drug-likeness (QED) is 0.317. The molecule has 8 heteroatoms. The van der Waals surface area contributed by atoms with E-state index in [2.05, 4.69) is 15.5 Å². The molecule has 1 aromatic heterocycles. The average Bonchev–Trinajstić information content (AvgIpc) is 3.34. The number of halogens is 2. The number of hydrogen-bond acceptors (Lipinski definition) is 5. The third kappa shape index (κ3) is 5.28. The maximum atomic E-state index is 13.0. The lowest BCUT2D eigenvalue weighted by atomic mass is 9.86. The van der Waals surface area contributed by atoms with Gasteiger partial charge in [0.15, 0.2) is 11.6 Å². The number of carbonyl (C=O) groups is 2. The van der Waals surface area contributed by atoms with Gasteiger partial charge in [-0.3, -0.25) is 9.59 Å². The molecule has 0 aliphatic carbocycles. The molecule has 0 aliphatic heterocycles. The third-order valence-corrected chi connectivity index (χ3v) is 5.66. The Balaban J connectivity index is 1.63. The molecule has 0 aliphatic rings. The molecule has 0 saturated heterocycles. The number of ketones is 2. The fraction of sp³-hybridized carbons (Fsp3) is 0.125. The first kappa shape index (κ1) is 21.9. The first-order valence-corrected chi connectivity index (χ1v) is 10.7. The van der Waals surface area contributed by atoms with Crippen LogP contribution in [0.15, 0.2) is 79.1 Å². The van der Waals surface area contributed by atoms with Gasteiger partial charge in [0, 0.05) is 34.0 Å².